The molecule has 0 saturated heterocycles. The van der Waals surface area contributed by atoms with Crippen LogP contribution in [0.25, 0.3) is 0 Å². The Morgan fingerprint density at radius 2 is 1.95 bits per heavy atom. The molecule has 0 radical (unpaired) electrons. The van der Waals surface area contributed by atoms with E-state index in [9.17, 15) is 4.79 Å². The highest BCUT2D eigenvalue weighted by molar-refractivity contribution is 5.90. The van der Waals surface area contributed by atoms with Crippen LogP contribution in [0.2, 0.25) is 0 Å². The van der Waals surface area contributed by atoms with Crippen molar-refractivity contribution in [3.63, 3.8) is 0 Å². The molecule has 0 bridgehead atoms. The van der Waals surface area contributed by atoms with Gasteiger partial charge in [-0.1, -0.05) is 31.7 Å². The quantitative estimate of drug-likeness (QED) is 0.843. The molecular formula is C17H25NO3. The van der Waals surface area contributed by atoms with Crippen LogP contribution in [-0.2, 0) is 6.54 Å². The average Bonchev–Trinajstić information content (AvgIpc) is 2.75. The highest BCUT2D eigenvalue weighted by atomic mass is 16.5. The zero-order valence-electron chi connectivity index (χ0n) is 13.0. The number of hydrogen-bond donors (Lipinski definition) is 1. The van der Waals surface area contributed by atoms with Gasteiger partial charge >= 0.3 is 5.97 Å². The Kier molecular flexibility index (Phi) is 5.62. The number of hydrogen-bond acceptors (Lipinski definition) is 3. The van der Waals surface area contributed by atoms with Crippen molar-refractivity contribution in [3.05, 3.63) is 29.3 Å². The molecule has 0 unspecified atom stereocenters. The van der Waals surface area contributed by atoms with Crippen LogP contribution in [0, 0.1) is 0 Å². The van der Waals surface area contributed by atoms with Crippen LogP contribution in [0.3, 0.4) is 0 Å². The van der Waals surface area contributed by atoms with Gasteiger partial charge < -0.3 is 9.84 Å². The molecule has 1 aromatic rings. The number of nitrogens with zero attached hydrogens (tertiary/aromatic N) is 1. The summed E-state index contributed by atoms with van der Waals surface area (Å²) >= 11 is 0. The van der Waals surface area contributed by atoms with Crippen molar-refractivity contribution < 1.29 is 14.6 Å². The molecule has 0 amide bonds. The molecule has 1 aliphatic carbocycles. The zero-order chi connectivity index (χ0) is 15.2. The van der Waals surface area contributed by atoms with Gasteiger partial charge in [0.25, 0.3) is 0 Å². The molecule has 4 heteroatoms. The minimum Gasteiger partial charge on any atom is -0.496 e. The maximum Gasteiger partial charge on any atom is 0.339 e. The lowest BCUT2D eigenvalue weighted by Crippen LogP contribution is -2.30. The van der Waals surface area contributed by atoms with Crippen LogP contribution in [0.4, 0.5) is 0 Å². The molecule has 0 aromatic heterocycles. The Morgan fingerprint density at radius 3 is 2.52 bits per heavy atom. The Hall–Kier alpha value is -1.55. The molecular weight excluding hydrogens is 266 g/mol. The van der Waals surface area contributed by atoms with Gasteiger partial charge in [-0.3, -0.25) is 4.90 Å². The Morgan fingerprint density at radius 1 is 1.29 bits per heavy atom. The van der Waals surface area contributed by atoms with E-state index in [1.54, 1.807) is 6.07 Å². The van der Waals surface area contributed by atoms with Crippen molar-refractivity contribution in [2.75, 3.05) is 14.2 Å². The van der Waals surface area contributed by atoms with E-state index in [0.29, 0.717) is 11.8 Å². The van der Waals surface area contributed by atoms with E-state index in [1.165, 1.54) is 45.6 Å². The van der Waals surface area contributed by atoms with Gasteiger partial charge in [-0.25, -0.2) is 4.79 Å². The number of rotatable bonds is 5. The molecule has 1 aromatic carbocycles. The van der Waals surface area contributed by atoms with E-state index in [0.717, 1.165) is 12.1 Å². The van der Waals surface area contributed by atoms with Crippen LogP contribution in [0.5, 0.6) is 5.75 Å². The first-order chi connectivity index (χ1) is 10.1. The number of aromatic carboxylic acids is 1. The fourth-order valence-corrected chi connectivity index (χ4v) is 3.13. The third-order valence-corrected chi connectivity index (χ3v) is 4.38. The molecule has 4 nitrogen and oxygen atoms in total. The lowest BCUT2D eigenvalue weighted by atomic mass is 10.1. The first-order valence-electron chi connectivity index (χ1n) is 7.72. The minimum atomic E-state index is -0.949. The van der Waals surface area contributed by atoms with E-state index < -0.39 is 5.97 Å². The average molecular weight is 291 g/mol. The van der Waals surface area contributed by atoms with Crippen LogP contribution < -0.4 is 4.74 Å². The fourth-order valence-electron chi connectivity index (χ4n) is 3.13. The number of benzene rings is 1. The van der Waals surface area contributed by atoms with Crippen molar-refractivity contribution in [3.8, 4) is 5.75 Å². The SMILES string of the molecule is COc1cc(CN(C)C2CCCCCC2)ccc1C(=O)O. The summed E-state index contributed by atoms with van der Waals surface area (Å²) in [5.74, 6) is -0.509. The van der Waals surface area contributed by atoms with Gasteiger partial charge in [0, 0.05) is 12.6 Å². The normalized spacial score (nSPS) is 16.7. The number of ether oxygens (including phenoxy) is 1. The molecule has 1 saturated carbocycles. The van der Waals surface area contributed by atoms with E-state index in [1.807, 2.05) is 12.1 Å². The van der Waals surface area contributed by atoms with E-state index in [-0.39, 0.29) is 5.56 Å². The molecule has 0 aliphatic heterocycles. The fraction of sp³-hybridized carbons (Fsp3) is 0.588. The lowest BCUT2D eigenvalue weighted by molar-refractivity contribution is 0.0693. The molecule has 0 atom stereocenters. The molecule has 1 aliphatic rings. The predicted octanol–water partition coefficient (Wildman–Crippen LogP) is 3.55. The molecule has 2 rings (SSSR count). The number of methoxy groups -OCH3 is 1. The molecule has 0 heterocycles. The first-order valence-corrected chi connectivity index (χ1v) is 7.72. The summed E-state index contributed by atoms with van der Waals surface area (Å²) in [6.45, 7) is 0.834. The number of carboxylic acids is 1. The second-order valence-electron chi connectivity index (χ2n) is 5.90. The van der Waals surface area contributed by atoms with Gasteiger partial charge in [0.15, 0.2) is 0 Å². The van der Waals surface area contributed by atoms with Gasteiger partial charge in [0.2, 0.25) is 0 Å². The van der Waals surface area contributed by atoms with Gasteiger partial charge in [-0.2, -0.15) is 0 Å². The van der Waals surface area contributed by atoms with E-state index in [2.05, 4.69) is 11.9 Å². The van der Waals surface area contributed by atoms with Crippen molar-refractivity contribution in [1.29, 1.82) is 0 Å². The molecule has 21 heavy (non-hydrogen) atoms. The third kappa shape index (κ3) is 4.21. The van der Waals surface area contributed by atoms with Gasteiger partial charge in [-0.05, 0) is 37.6 Å². The second kappa shape index (κ2) is 7.46. The van der Waals surface area contributed by atoms with Gasteiger partial charge in [0.05, 0.1) is 7.11 Å². The highest BCUT2D eigenvalue weighted by Gasteiger charge is 2.18. The smallest absolute Gasteiger partial charge is 0.339 e. The third-order valence-electron chi connectivity index (χ3n) is 4.38. The van der Waals surface area contributed by atoms with Gasteiger partial charge in [-0.15, -0.1) is 0 Å². The maximum absolute atomic E-state index is 11.1. The van der Waals surface area contributed by atoms with Gasteiger partial charge in [0.1, 0.15) is 11.3 Å². The lowest BCUT2D eigenvalue weighted by Gasteiger charge is -2.27. The van der Waals surface area contributed by atoms with Crippen molar-refractivity contribution in [1.82, 2.24) is 4.90 Å². The largest absolute Gasteiger partial charge is 0.496 e. The van der Waals surface area contributed by atoms with E-state index >= 15 is 0 Å². The zero-order valence-corrected chi connectivity index (χ0v) is 13.0. The summed E-state index contributed by atoms with van der Waals surface area (Å²) in [4.78, 5) is 13.5. The summed E-state index contributed by atoms with van der Waals surface area (Å²) < 4.78 is 5.19. The second-order valence-corrected chi connectivity index (χ2v) is 5.90. The molecule has 1 N–H and O–H groups in total. The van der Waals surface area contributed by atoms with Crippen molar-refractivity contribution >= 4 is 5.97 Å². The highest BCUT2D eigenvalue weighted by Crippen LogP contribution is 2.24. The van der Waals surface area contributed by atoms with Crippen LogP contribution in [0.1, 0.15) is 54.4 Å². The van der Waals surface area contributed by atoms with E-state index in [4.69, 9.17) is 9.84 Å². The van der Waals surface area contributed by atoms with Crippen LogP contribution in [-0.4, -0.2) is 36.2 Å². The summed E-state index contributed by atoms with van der Waals surface area (Å²) in [6, 6.07) is 6.01. The summed E-state index contributed by atoms with van der Waals surface area (Å²) in [6.07, 6.45) is 7.87. The van der Waals surface area contributed by atoms with Crippen molar-refractivity contribution in [2.45, 2.75) is 51.1 Å². The maximum atomic E-state index is 11.1. The standard InChI is InChI=1S/C17H25NO3/c1-18(14-7-5-3-4-6-8-14)12-13-9-10-15(17(19)20)16(11-13)21-2/h9-11,14H,3-8,12H2,1-2H3,(H,19,20). The minimum absolute atomic E-state index is 0.221. The predicted molar refractivity (Wildman–Crippen MR) is 82.9 cm³/mol. The molecule has 116 valence electrons. The monoisotopic (exact) mass is 291 g/mol. The Balaban J connectivity index is 2.06. The van der Waals surface area contributed by atoms with Crippen LogP contribution in [0.15, 0.2) is 18.2 Å². The number of carbonyl (C=O) groups is 1. The van der Waals surface area contributed by atoms with Crippen LogP contribution >= 0.6 is 0 Å². The summed E-state index contributed by atoms with van der Waals surface area (Å²) in [7, 11) is 3.67. The Bertz CT molecular complexity index is 479. The first kappa shape index (κ1) is 15.8. The van der Waals surface area contributed by atoms with Crippen molar-refractivity contribution in [2.24, 2.45) is 0 Å². The molecule has 1 fully saturated rings. The summed E-state index contributed by atoms with van der Waals surface area (Å²) in [5.41, 5.74) is 1.32. The molecule has 0 spiro atoms. The topological polar surface area (TPSA) is 49.8 Å². The number of carboxylic acid groups (broad SMARTS) is 1. The summed E-state index contributed by atoms with van der Waals surface area (Å²) in [5, 5.41) is 9.11. The Labute approximate surface area is 126 Å².